The Kier molecular flexibility index (Phi) is 4.68. The van der Waals surface area contributed by atoms with Gasteiger partial charge >= 0.3 is 6.18 Å². The first-order valence-corrected chi connectivity index (χ1v) is 7.92. The van der Waals surface area contributed by atoms with Crippen molar-refractivity contribution in [3.8, 4) is 0 Å². The Labute approximate surface area is 136 Å². The molecular weight excluding hydrogens is 323 g/mol. The smallest absolute Gasteiger partial charge is 0.425 e. The van der Waals surface area contributed by atoms with Gasteiger partial charge in [-0.2, -0.15) is 13.2 Å². The van der Waals surface area contributed by atoms with E-state index < -0.39 is 11.9 Å². The van der Waals surface area contributed by atoms with Crippen molar-refractivity contribution >= 4 is 5.82 Å². The number of aromatic nitrogens is 4. The SMILES string of the molecule is CCc1nnc(C[C@@H]2CC[C@H](Nc3ccc(C(F)(F)F)nn3)C2)o1. The maximum atomic E-state index is 12.5. The normalized spacial score (nSPS) is 21.2. The van der Waals surface area contributed by atoms with Crippen LogP contribution in [0.15, 0.2) is 16.5 Å². The molecule has 3 rings (SSSR count). The molecule has 2 aromatic rings. The molecule has 0 unspecified atom stereocenters. The Morgan fingerprint density at radius 3 is 2.54 bits per heavy atom. The van der Waals surface area contributed by atoms with Crippen molar-refractivity contribution in [2.45, 2.75) is 51.2 Å². The van der Waals surface area contributed by atoms with Crippen LogP contribution >= 0.6 is 0 Å². The fourth-order valence-electron chi connectivity index (χ4n) is 2.92. The van der Waals surface area contributed by atoms with Gasteiger partial charge in [0.15, 0.2) is 5.69 Å². The van der Waals surface area contributed by atoms with Crippen molar-refractivity contribution in [3.63, 3.8) is 0 Å². The van der Waals surface area contributed by atoms with Crippen LogP contribution in [0.1, 0.15) is 43.7 Å². The second kappa shape index (κ2) is 6.74. The van der Waals surface area contributed by atoms with Crippen molar-refractivity contribution in [3.05, 3.63) is 29.6 Å². The van der Waals surface area contributed by atoms with E-state index in [0.717, 1.165) is 31.7 Å². The summed E-state index contributed by atoms with van der Waals surface area (Å²) in [6, 6.07) is 2.41. The molecule has 0 amide bonds. The minimum Gasteiger partial charge on any atom is -0.425 e. The van der Waals surface area contributed by atoms with Crippen LogP contribution in [-0.2, 0) is 19.0 Å². The first-order chi connectivity index (χ1) is 11.4. The molecule has 0 bridgehead atoms. The number of halogens is 3. The monoisotopic (exact) mass is 341 g/mol. The number of anilines is 1. The Morgan fingerprint density at radius 2 is 1.92 bits per heavy atom. The molecule has 2 atom stereocenters. The van der Waals surface area contributed by atoms with Crippen LogP contribution in [0, 0.1) is 5.92 Å². The maximum Gasteiger partial charge on any atom is 0.435 e. The standard InChI is InChI=1S/C15H18F3N5O/c1-2-13-22-23-14(24-13)8-9-3-4-10(7-9)19-12-6-5-11(20-21-12)15(16,17)18/h5-6,9-10H,2-4,7-8H2,1H3,(H,19,21)/t9-,10+/m1/s1. The summed E-state index contributed by atoms with van der Waals surface area (Å²) in [5, 5.41) is 17.9. The molecule has 130 valence electrons. The Morgan fingerprint density at radius 1 is 1.12 bits per heavy atom. The zero-order chi connectivity index (χ0) is 17.2. The summed E-state index contributed by atoms with van der Waals surface area (Å²) in [5.74, 6) is 2.05. The molecular formula is C15H18F3N5O. The number of aryl methyl sites for hydroxylation is 1. The van der Waals surface area contributed by atoms with Crippen molar-refractivity contribution < 1.29 is 17.6 Å². The second-order valence-electron chi connectivity index (χ2n) is 5.97. The first kappa shape index (κ1) is 16.7. The van der Waals surface area contributed by atoms with Gasteiger partial charge < -0.3 is 9.73 Å². The average Bonchev–Trinajstić information content (AvgIpc) is 3.17. The van der Waals surface area contributed by atoms with Gasteiger partial charge in [0.25, 0.3) is 0 Å². The highest BCUT2D eigenvalue weighted by Crippen LogP contribution is 2.31. The Bertz CT molecular complexity index is 670. The molecule has 0 saturated heterocycles. The molecule has 0 radical (unpaired) electrons. The predicted molar refractivity (Wildman–Crippen MR) is 79.2 cm³/mol. The summed E-state index contributed by atoms with van der Waals surface area (Å²) in [4.78, 5) is 0. The van der Waals surface area contributed by atoms with Gasteiger partial charge in [0, 0.05) is 18.9 Å². The van der Waals surface area contributed by atoms with Crippen LogP contribution in [0.2, 0.25) is 0 Å². The van der Waals surface area contributed by atoms with E-state index in [1.165, 1.54) is 6.07 Å². The number of nitrogens with zero attached hydrogens (tertiary/aromatic N) is 4. The molecule has 1 aliphatic rings. The first-order valence-electron chi connectivity index (χ1n) is 7.92. The third-order valence-corrected chi connectivity index (χ3v) is 4.12. The van der Waals surface area contributed by atoms with Crippen molar-refractivity contribution in [1.82, 2.24) is 20.4 Å². The molecule has 1 saturated carbocycles. The summed E-state index contributed by atoms with van der Waals surface area (Å²) >= 11 is 0. The molecule has 0 spiro atoms. The molecule has 9 heteroatoms. The lowest BCUT2D eigenvalue weighted by atomic mass is 10.0. The lowest BCUT2D eigenvalue weighted by molar-refractivity contribution is -0.141. The van der Waals surface area contributed by atoms with Crippen LogP contribution in [0.5, 0.6) is 0 Å². The van der Waals surface area contributed by atoms with E-state index in [1.54, 1.807) is 0 Å². The summed E-state index contributed by atoms with van der Waals surface area (Å²) in [5.41, 5.74) is -0.986. The van der Waals surface area contributed by atoms with Crippen molar-refractivity contribution in [2.75, 3.05) is 5.32 Å². The summed E-state index contributed by atoms with van der Waals surface area (Å²) < 4.78 is 42.9. The molecule has 6 nitrogen and oxygen atoms in total. The second-order valence-corrected chi connectivity index (χ2v) is 5.97. The number of nitrogens with one attached hydrogen (secondary N) is 1. The number of alkyl halides is 3. The highest BCUT2D eigenvalue weighted by molar-refractivity contribution is 5.35. The maximum absolute atomic E-state index is 12.5. The van der Waals surface area contributed by atoms with Gasteiger partial charge in [-0.1, -0.05) is 6.92 Å². The van der Waals surface area contributed by atoms with Crippen LogP contribution in [-0.4, -0.2) is 26.4 Å². The summed E-state index contributed by atoms with van der Waals surface area (Å²) in [7, 11) is 0. The van der Waals surface area contributed by atoms with E-state index in [-0.39, 0.29) is 6.04 Å². The topological polar surface area (TPSA) is 76.7 Å². The zero-order valence-electron chi connectivity index (χ0n) is 13.2. The number of hydrogen-bond acceptors (Lipinski definition) is 6. The van der Waals surface area contributed by atoms with Gasteiger partial charge in [0.1, 0.15) is 5.82 Å². The molecule has 1 aliphatic carbocycles. The van der Waals surface area contributed by atoms with Gasteiger partial charge in [-0.25, -0.2) is 0 Å². The minimum absolute atomic E-state index is 0.162. The van der Waals surface area contributed by atoms with Gasteiger partial charge in [-0.15, -0.1) is 20.4 Å². The third kappa shape index (κ3) is 4.01. The van der Waals surface area contributed by atoms with E-state index >= 15 is 0 Å². The van der Waals surface area contributed by atoms with Crippen molar-refractivity contribution in [1.29, 1.82) is 0 Å². The van der Waals surface area contributed by atoms with E-state index in [1.807, 2.05) is 6.92 Å². The van der Waals surface area contributed by atoms with Crippen molar-refractivity contribution in [2.24, 2.45) is 5.92 Å². The van der Waals surface area contributed by atoms with Gasteiger partial charge in [-0.3, -0.25) is 0 Å². The predicted octanol–water partition coefficient (Wildman–Crippen LogP) is 3.26. The highest BCUT2D eigenvalue weighted by Gasteiger charge is 2.33. The Balaban J connectivity index is 1.52. The van der Waals surface area contributed by atoms with Crippen LogP contribution in [0.3, 0.4) is 0 Å². The summed E-state index contributed by atoms with van der Waals surface area (Å²) in [6.07, 6.45) is -0.228. The van der Waals surface area contributed by atoms with Gasteiger partial charge in [0.2, 0.25) is 11.8 Å². The number of hydrogen-bond donors (Lipinski definition) is 1. The molecule has 1 fully saturated rings. The fourth-order valence-corrected chi connectivity index (χ4v) is 2.92. The lowest BCUT2D eigenvalue weighted by Gasteiger charge is -2.13. The molecule has 0 aromatic carbocycles. The fraction of sp³-hybridized carbons (Fsp3) is 0.600. The van der Waals surface area contributed by atoms with Crippen LogP contribution in [0.25, 0.3) is 0 Å². The largest absolute Gasteiger partial charge is 0.435 e. The molecule has 2 aromatic heterocycles. The van der Waals surface area contributed by atoms with E-state index in [2.05, 4.69) is 25.7 Å². The van der Waals surface area contributed by atoms with E-state index in [9.17, 15) is 13.2 Å². The van der Waals surface area contributed by atoms with Gasteiger partial charge in [-0.05, 0) is 37.3 Å². The van der Waals surface area contributed by atoms with Crippen LogP contribution < -0.4 is 5.32 Å². The van der Waals surface area contributed by atoms with Gasteiger partial charge in [0.05, 0.1) is 0 Å². The molecule has 24 heavy (non-hydrogen) atoms. The number of rotatable bonds is 5. The highest BCUT2D eigenvalue weighted by atomic mass is 19.4. The third-order valence-electron chi connectivity index (χ3n) is 4.12. The van der Waals surface area contributed by atoms with E-state index in [0.29, 0.717) is 29.9 Å². The minimum atomic E-state index is -4.47. The summed E-state index contributed by atoms with van der Waals surface area (Å²) in [6.45, 7) is 1.96. The molecule has 1 N–H and O–H groups in total. The average molecular weight is 341 g/mol. The quantitative estimate of drug-likeness (QED) is 0.899. The zero-order valence-corrected chi connectivity index (χ0v) is 13.2. The molecule has 2 heterocycles. The molecule has 0 aliphatic heterocycles. The van der Waals surface area contributed by atoms with E-state index in [4.69, 9.17) is 4.42 Å². The lowest BCUT2D eigenvalue weighted by Crippen LogP contribution is -2.18. The Hall–Kier alpha value is -2.19. The van der Waals surface area contributed by atoms with Crippen LogP contribution in [0.4, 0.5) is 19.0 Å².